The van der Waals surface area contributed by atoms with Gasteiger partial charge in [-0.1, -0.05) is 38.1 Å². The predicted molar refractivity (Wildman–Crippen MR) is 92.0 cm³/mol. The first kappa shape index (κ1) is 16.9. The van der Waals surface area contributed by atoms with E-state index in [0.29, 0.717) is 35.0 Å². The van der Waals surface area contributed by atoms with Gasteiger partial charge in [-0.2, -0.15) is 0 Å². The van der Waals surface area contributed by atoms with Crippen LogP contribution in [0.5, 0.6) is 0 Å². The van der Waals surface area contributed by atoms with E-state index in [1.807, 2.05) is 13.8 Å². The fraction of sp³-hybridized carbons (Fsp3) is 0.267. The quantitative estimate of drug-likeness (QED) is 0.389. The molecule has 1 aromatic heterocycles. The maximum Gasteiger partial charge on any atom is 0.488 e. The Morgan fingerprint density at radius 2 is 1.91 bits per heavy atom. The molecule has 8 heteroatoms. The van der Waals surface area contributed by atoms with Crippen molar-refractivity contribution in [2.45, 2.75) is 26.3 Å². The van der Waals surface area contributed by atoms with E-state index >= 15 is 0 Å². The molecule has 2 rings (SSSR count). The van der Waals surface area contributed by atoms with Crippen LogP contribution in [0.2, 0.25) is 0 Å². The Bertz CT molecular complexity index is 689. The van der Waals surface area contributed by atoms with Crippen molar-refractivity contribution < 1.29 is 10.0 Å². The van der Waals surface area contributed by atoms with Gasteiger partial charge in [0, 0.05) is 18.7 Å². The minimum absolute atomic E-state index is 0.125. The average Bonchev–Trinajstić information content (AvgIpc) is 2.54. The number of hydrogen-bond acceptors (Lipinski definition) is 7. The zero-order valence-corrected chi connectivity index (χ0v) is 13.1. The molecule has 2 aromatic rings. The van der Waals surface area contributed by atoms with Crippen LogP contribution in [0.3, 0.4) is 0 Å². The minimum atomic E-state index is -1.47. The van der Waals surface area contributed by atoms with Gasteiger partial charge in [-0.25, -0.2) is 9.97 Å². The summed E-state index contributed by atoms with van der Waals surface area (Å²) in [4.78, 5) is 8.67. The van der Waals surface area contributed by atoms with Gasteiger partial charge < -0.3 is 26.5 Å². The fourth-order valence-electron chi connectivity index (χ4n) is 2.00. The normalized spacial score (nSPS) is 10.7. The number of nitrogens with two attached hydrogens (primary N) is 1. The third kappa shape index (κ3) is 4.05. The Kier molecular flexibility index (Phi) is 5.30. The van der Waals surface area contributed by atoms with Gasteiger partial charge >= 0.3 is 7.12 Å². The second-order valence-electron chi connectivity index (χ2n) is 5.50. The van der Waals surface area contributed by atoms with E-state index in [2.05, 4.69) is 15.3 Å². The van der Waals surface area contributed by atoms with Crippen LogP contribution >= 0.6 is 0 Å². The third-order valence-electron chi connectivity index (χ3n) is 3.38. The van der Waals surface area contributed by atoms with Crippen LogP contribution in [0, 0.1) is 5.41 Å². The summed E-state index contributed by atoms with van der Waals surface area (Å²) in [5, 5.41) is 28.7. The summed E-state index contributed by atoms with van der Waals surface area (Å²) in [6.45, 7) is 4.42. The lowest BCUT2D eigenvalue weighted by atomic mass is 9.80. The highest BCUT2D eigenvalue weighted by Crippen LogP contribution is 2.22. The number of benzene rings is 1. The molecule has 0 bridgehead atoms. The molecule has 0 aliphatic heterocycles. The van der Waals surface area contributed by atoms with Gasteiger partial charge in [0.05, 0.1) is 0 Å². The Morgan fingerprint density at radius 3 is 2.43 bits per heavy atom. The molecule has 6 N–H and O–H groups in total. The fourth-order valence-corrected chi connectivity index (χ4v) is 2.00. The topological polar surface area (TPSA) is 128 Å². The molecule has 0 aliphatic carbocycles. The molecule has 0 radical (unpaired) electrons. The van der Waals surface area contributed by atoms with Crippen molar-refractivity contribution in [1.82, 2.24) is 9.97 Å². The standard InChI is InChI=1S/C15H20BN5O2/c1-9(2)14-20-12(7-17)13(18)15(21-14)19-8-10-3-5-11(6-4-10)16(22)23/h3-7,9,17,22-23H,8,18H2,1-2H3,(H,19,20,21). The summed E-state index contributed by atoms with van der Waals surface area (Å²) in [5.41, 5.74) is 8.09. The smallest absolute Gasteiger partial charge is 0.423 e. The van der Waals surface area contributed by atoms with E-state index < -0.39 is 7.12 Å². The molecule has 0 saturated heterocycles. The number of nitrogens with one attached hydrogen (secondary N) is 2. The van der Waals surface area contributed by atoms with Crippen molar-refractivity contribution in [3.05, 3.63) is 41.3 Å². The summed E-state index contributed by atoms with van der Waals surface area (Å²) >= 11 is 0. The van der Waals surface area contributed by atoms with Gasteiger partial charge in [0.25, 0.3) is 0 Å². The molecule has 0 amide bonds. The molecule has 120 valence electrons. The molecule has 23 heavy (non-hydrogen) atoms. The van der Waals surface area contributed by atoms with Crippen LogP contribution in [-0.4, -0.2) is 33.3 Å². The van der Waals surface area contributed by atoms with E-state index in [9.17, 15) is 0 Å². The molecule has 0 unspecified atom stereocenters. The number of nitrogen functional groups attached to an aromatic ring is 1. The predicted octanol–water partition coefficient (Wildman–Crippen LogP) is 0.472. The van der Waals surface area contributed by atoms with E-state index in [1.165, 1.54) is 0 Å². The van der Waals surface area contributed by atoms with Crippen molar-refractivity contribution in [3.63, 3.8) is 0 Å². The molecule has 0 atom stereocenters. The van der Waals surface area contributed by atoms with Crippen LogP contribution in [0.15, 0.2) is 24.3 Å². The van der Waals surface area contributed by atoms with Crippen LogP contribution < -0.4 is 16.5 Å². The van der Waals surface area contributed by atoms with Crippen LogP contribution in [0.25, 0.3) is 0 Å². The van der Waals surface area contributed by atoms with Gasteiger partial charge in [0.1, 0.15) is 17.2 Å². The first-order chi connectivity index (χ1) is 10.9. The van der Waals surface area contributed by atoms with Gasteiger partial charge in [0.2, 0.25) is 0 Å². The van der Waals surface area contributed by atoms with Crippen LogP contribution in [-0.2, 0) is 6.54 Å². The molecule has 0 spiro atoms. The number of hydrogen-bond donors (Lipinski definition) is 5. The van der Waals surface area contributed by atoms with Gasteiger partial charge in [0.15, 0.2) is 5.82 Å². The van der Waals surface area contributed by atoms with Crippen LogP contribution in [0.4, 0.5) is 11.5 Å². The third-order valence-corrected chi connectivity index (χ3v) is 3.38. The summed E-state index contributed by atoms with van der Waals surface area (Å²) in [6, 6.07) is 6.88. The molecule has 0 aliphatic rings. The van der Waals surface area contributed by atoms with Gasteiger partial charge in [-0.3, -0.25) is 0 Å². The Morgan fingerprint density at radius 1 is 1.26 bits per heavy atom. The first-order valence-corrected chi connectivity index (χ1v) is 7.29. The van der Waals surface area contributed by atoms with Crippen molar-refractivity contribution in [3.8, 4) is 0 Å². The lowest BCUT2D eigenvalue weighted by molar-refractivity contribution is 0.426. The van der Waals surface area contributed by atoms with E-state index in [0.717, 1.165) is 11.8 Å². The first-order valence-electron chi connectivity index (χ1n) is 7.29. The second-order valence-corrected chi connectivity index (χ2v) is 5.50. The highest BCUT2D eigenvalue weighted by atomic mass is 16.4. The van der Waals surface area contributed by atoms with Crippen molar-refractivity contribution in [2.75, 3.05) is 11.1 Å². The molecular formula is C15H20BN5O2. The largest absolute Gasteiger partial charge is 0.488 e. The number of rotatable bonds is 6. The number of nitrogens with zero attached hydrogens (tertiary/aromatic N) is 2. The lowest BCUT2D eigenvalue weighted by Gasteiger charge is -2.13. The number of anilines is 2. The summed E-state index contributed by atoms with van der Waals surface area (Å²) in [6.07, 6.45) is 1.12. The summed E-state index contributed by atoms with van der Waals surface area (Å²) < 4.78 is 0. The molecular weight excluding hydrogens is 293 g/mol. The van der Waals surface area contributed by atoms with E-state index in [4.69, 9.17) is 21.2 Å². The SMILES string of the molecule is CC(C)c1nc(C=N)c(N)c(NCc2ccc(B(O)O)cc2)n1. The molecule has 0 fully saturated rings. The highest BCUT2D eigenvalue weighted by Gasteiger charge is 2.13. The molecule has 0 saturated carbocycles. The summed E-state index contributed by atoms with van der Waals surface area (Å²) in [7, 11) is -1.47. The zero-order chi connectivity index (χ0) is 17.0. The van der Waals surface area contributed by atoms with Crippen molar-refractivity contribution >= 4 is 30.3 Å². The van der Waals surface area contributed by atoms with Crippen molar-refractivity contribution in [1.29, 1.82) is 5.41 Å². The Balaban J connectivity index is 2.19. The zero-order valence-electron chi connectivity index (χ0n) is 13.1. The maximum absolute atomic E-state index is 9.08. The molecule has 7 nitrogen and oxygen atoms in total. The second kappa shape index (κ2) is 7.21. The minimum Gasteiger partial charge on any atom is -0.423 e. The highest BCUT2D eigenvalue weighted by molar-refractivity contribution is 6.58. The maximum atomic E-state index is 9.08. The van der Waals surface area contributed by atoms with E-state index in [1.54, 1.807) is 24.3 Å². The van der Waals surface area contributed by atoms with Crippen LogP contribution in [0.1, 0.15) is 36.8 Å². The van der Waals surface area contributed by atoms with Gasteiger partial charge in [-0.15, -0.1) is 0 Å². The Hall–Kier alpha value is -2.45. The van der Waals surface area contributed by atoms with Crippen molar-refractivity contribution in [2.24, 2.45) is 0 Å². The molecule has 1 heterocycles. The number of aromatic nitrogens is 2. The summed E-state index contributed by atoms with van der Waals surface area (Å²) in [5.74, 6) is 1.24. The monoisotopic (exact) mass is 313 g/mol. The molecule has 1 aromatic carbocycles. The average molecular weight is 313 g/mol. The van der Waals surface area contributed by atoms with E-state index in [-0.39, 0.29) is 5.92 Å². The Labute approximate surface area is 135 Å². The lowest BCUT2D eigenvalue weighted by Crippen LogP contribution is -2.29. The van der Waals surface area contributed by atoms with Gasteiger partial charge in [-0.05, 0) is 11.0 Å².